The first-order chi connectivity index (χ1) is 12.9. The lowest BCUT2D eigenvalue weighted by Crippen LogP contribution is -2.59. The van der Waals surface area contributed by atoms with Crippen molar-refractivity contribution >= 4 is 0 Å². The zero-order valence-electron chi connectivity index (χ0n) is 15.4. The molecule has 1 unspecified atom stereocenters. The molecule has 0 bridgehead atoms. The molecule has 0 radical (unpaired) electrons. The van der Waals surface area contributed by atoms with E-state index in [9.17, 15) is 13.2 Å². The van der Waals surface area contributed by atoms with Crippen molar-refractivity contribution in [3.8, 4) is 11.3 Å². The summed E-state index contributed by atoms with van der Waals surface area (Å²) < 4.78 is 38.1. The van der Waals surface area contributed by atoms with Gasteiger partial charge in [0, 0.05) is 12.0 Å². The van der Waals surface area contributed by atoms with Crippen LogP contribution in [0.3, 0.4) is 0 Å². The first-order valence-corrected chi connectivity index (χ1v) is 9.85. The third-order valence-electron chi connectivity index (χ3n) is 6.53. The number of aromatic nitrogens is 2. The third-order valence-corrected chi connectivity index (χ3v) is 6.53. The number of rotatable bonds is 4. The van der Waals surface area contributed by atoms with E-state index in [0.717, 1.165) is 36.0 Å². The Morgan fingerprint density at radius 3 is 2.37 bits per heavy atom. The zero-order valence-corrected chi connectivity index (χ0v) is 15.4. The van der Waals surface area contributed by atoms with E-state index < -0.39 is 11.7 Å². The Labute approximate surface area is 157 Å². The van der Waals surface area contributed by atoms with Gasteiger partial charge in [-0.3, -0.25) is 0 Å². The molecule has 2 atom stereocenters. The smallest absolute Gasteiger partial charge is 0.342 e. The molecule has 2 aliphatic carbocycles. The van der Waals surface area contributed by atoms with Gasteiger partial charge in [0.1, 0.15) is 5.82 Å². The second-order valence-corrected chi connectivity index (χ2v) is 8.27. The van der Waals surface area contributed by atoms with Crippen LogP contribution < -0.4 is 5.73 Å². The summed E-state index contributed by atoms with van der Waals surface area (Å²) in [6.45, 7) is 0. The van der Waals surface area contributed by atoms with E-state index in [2.05, 4.69) is 9.97 Å². The topological polar surface area (TPSA) is 54.7 Å². The number of halogens is 3. The van der Waals surface area contributed by atoms with Crippen LogP contribution in [-0.4, -0.2) is 15.5 Å². The Hall–Kier alpha value is -1.82. The fourth-order valence-electron chi connectivity index (χ4n) is 4.89. The molecule has 0 aliphatic heterocycles. The molecule has 0 amide bonds. The van der Waals surface area contributed by atoms with Crippen molar-refractivity contribution in [2.24, 2.45) is 17.6 Å². The highest BCUT2D eigenvalue weighted by Gasteiger charge is 2.47. The maximum absolute atomic E-state index is 12.7. The van der Waals surface area contributed by atoms with Gasteiger partial charge in [0.25, 0.3) is 0 Å². The van der Waals surface area contributed by atoms with E-state index in [-0.39, 0.29) is 5.54 Å². The molecule has 4 rings (SSSR count). The van der Waals surface area contributed by atoms with Crippen LogP contribution in [0.4, 0.5) is 13.2 Å². The second kappa shape index (κ2) is 6.97. The monoisotopic (exact) mass is 377 g/mol. The van der Waals surface area contributed by atoms with Crippen molar-refractivity contribution in [2.75, 3.05) is 0 Å². The predicted molar refractivity (Wildman–Crippen MR) is 98.9 cm³/mol. The van der Waals surface area contributed by atoms with Crippen LogP contribution in [0.5, 0.6) is 0 Å². The molecule has 2 fully saturated rings. The molecule has 3 nitrogen and oxygen atoms in total. The Morgan fingerprint density at radius 1 is 1.07 bits per heavy atom. The molecule has 6 heteroatoms. The number of imidazole rings is 1. The number of nitrogens with one attached hydrogen (secondary N) is 1. The van der Waals surface area contributed by atoms with E-state index in [1.807, 2.05) is 0 Å². The Kier molecular flexibility index (Phi) is 4.78. The van der Waals surface area contributed by atoms with Crippen LogP contribution >= 0.6 is 0 Å². The van der Waals surface area contributed by atoms with Crippen LogP contribution in [-0.2, 0) is 12.6 Å². The summed E-state index contributed by atoms with van der Waals surface area (Å²) >= 11 is 0. The van der Waals surface area contributed by atoms with Crippen LogP contribution in [0.1, 0.15) is 56.3 Å². The number of nitrogens with two attached hydrogens (primary N) is 1. The lowest BCUT2D eigenvalue weighted by Gasteiger charge is -2.51. The van der Waals surface area contributed by atoms with Gasteiger partial charge in [-0.05, 0) is 42.4 Å². The normalized spacial score (nSPS) is 26.7. The molecular weight excluding hydrogens is 351 g/mol. The maximum atomic E-state index is 12.7. The van der Waals surface area contributed by atoms with Gasteiger partial charge in [0.2, 0.25) is 0 Å². The van der Waals surface area contributed by atoms with Gasteiger partial charge >= 0.3 is 6.18 Å². The second-order valence-electron chi connectivity index (χ2n) is 8.27. The number of nitrogens with zero attached hydrogens (tertiary/aromatic N) is 1. The minimum Gasteiger partial charge on any atom is -0.342 e. The predicted octanol–water partition coefficient (Wildman–Crippen LogP) is 5.33. The van der Waals surface area contributed by atoms with E-state index in [1.165, 1.54) is 50.7 Å². The van der Waals surface area contributed by atoms with Gasteiger partial charge in [0.15, 0.2) is 0 Å². The van der Waals surface area contributed by atoms with Gasteiger partial charge in [-0.15, -0.1) is 0 Å². The summed E-state index contributed by atoms with van der Waals surface area (Å²) in [5, 5.41) is 0. The van der Waals surface area contributed by atoms with Crippen LogP contribution in [0.15, 0.2) is 30.5 Å². The number of hydrogen-bond acceptors (Lipinski definition) is 2. The highest BCUT2D eigenvalue weighted by atomic mass is 19.4. The van der Waals surface area contributed by atoms with Crippen molar-refractivity contribution in [1.82, 2.24) is 9.97 Å². The van der Waals surface area contributed by atoms with Crippen molar-refractivity contribution < 1.29 is 13.2 Å². The number of benzene rings is 1. The number of aromatic amines is 1. The lowest BCUT2D eigenvalue weighted by atomic mass is 9.58. The summed E-state index contributed by atoms with van der Waals surface area (Å²) in [7, 11) is 0. The summed E-state index contributed by atoms with van der Waals surface area (Å²) in [5.41, 5.74) is 7.33. The molecule has 3 N–H and O–H groups in total. The summed E-state index contributed by atoms with van der Waals surface area (Å²) in [5.74, 6) is 2.13. The number of alkyl halides is 3. The molecular formula is C21H26F3N3. The quantitative estimate of drug-likeness (QED) is 0.757. The summed E-state index contributed by atoms with van der Waals surface area (Å²) in [4.78, 5) is 7.72. The largest absolute Gasteiger partial charge is 0.416 e. The summed E-state index contributed by atoms with van der Waals surface area (Å²) in [6, 6.07) is 5.16. The lowest BCUT2D eigenvalue weighted by molar-refractivity contribution is -0.137. The average molecular weight is 377 g/mol. The first-order valence-electron chi connectivity index (χ1n) is 9.85. The van der Waals surface area contributed by atoms with Gasteiger partial charge < -0.3 is 10.7 Å². The Balaban J connectivity index is 1.45. The molecule has 1 aromatic carbocycles. The van der Waals surface area contributed by atoms with Crippen LogP contribution in [0.2, 0.25) is 0 Å². The van der Waals surface area contributed by atoms with E-state index >= 15 is 0 Å². The van der Waals surface area contributed by atoms with Gasteiger partial charge in [-0.1, -0.05) is 44.2 Å². The zero-order chi connectivity index (χ0) is 19.1. The third kappa shape index (κ3) is 3.77. The minimum atomic E-state index is -4.32. The van der Waals surface area contributed by atoms with E-state index in [1.54, 1.807) is 6.20 Å². The fourth-order valence-corrected chi connectivity index (χ4v) is 4.89. The highest BCUT2D eigenvalue weighted by Crippen LogP contribution is 2.47. The first kappa shape index (κ1) is 18.5. The van der Waals surface area contributed by atoms with Gasteiger partial charge in [-0.2, -0.15) is 13.2 Å². The molecule has 2 aliphatic rings. The molecule has 0 spiro atoms. The van der Waals surface area contributed by atoms with Crippen molar-refractivity contribution in [3.63, 3.8) is 0 Å². The molecule has 146 valence electrons. The highest BCUT2D eigenvalue weighted by molar-refractivity contribution is 5.59. The number of hydrogen-bond donors (Lipinski definition) is 2. The van der Waals surface area contributed by atoms with Crippen LogP contribution in [0.25, 0.3) is 11.3 Å². The molecule has 1 aromatic heterocycles. The Morgan fingerprint density at radius 2 is 1.78 bits per heavy atom. The molecule has 0 saturated heterocycles. The average Bonchev–Trinajstić information content (AvgIpc) is 3.09. The van der Waals surface area contributed by atoms with Crippen molar-refractivity contribution in [1.29, 1.82) is 0 Å². The van der Waals surface area contributed by atoms with Crippen molar-refractivity contribution in [3.05, 3.63) is 41.9 Å². The van der Waals surface area contributed by atoms with Crippen molar-refractivity contribution in [2.45, 2.75) is 63.1 Å². The molecule has 27 heavy (non-hydrogen) atoms. The van der Waals surface area contributed by atoms with E-state index in [4.69, 9.17) is 5.73 Å². The Bertz CT molecular complexity index is 775. The van der Waals surface area contributed by atoms with Gasteiger partial charge in [-0.25, -0.2) is 4.98 Å². The molecule has 2 saturated carbocycles. The summed E-state index contributed by atoms with van der Waals surface area (Å²) in [6.07, 6.45) is 6.85. The number of H-pyrrole nitrogens is 1. The van der Waals surface area contributed by atoms with E-state index in [0.29, 0.717) is 17.9 Å². The molecule has 2 aromatic rings. The van der Waals surface area contributed by atoms with Crippen LogP contribution in [0, 0.1) is 11.8 Å². The SMILES string of the molecule is N[C@]1(Cc2ncc(-c3ccc(C(F)(F)F)cc3)[nH]2)CCC1C1CCCCC1. The minimum absolute atomic E-state index is 0.197. The standard InChI is InChI=1S/C21H26F3N3/c22-21(23,24)16-8-6-15(7-9-16)18-13-26-19(27-18)12-20(25)11-10-17(20)14-4-2-1-3-5-14/h6-9,13-14,17H,1-5,10-12,25H2,(H,26,27)/t17?,20-/m0/s1. The molecule has 1 heterocycles. The maximum Gasteiger partial charge on any atom is 0.416 e. The van der Waals surface area contributed by atoms with Gasteiger partial charge in [0.05, 0.1) is 17.5 Å². The fraction of sp³-hybridized carbons (Fsp3) is 0.571.